The summed E-state index contributed by atoms with van der Waals surface area (Å²) in [5.74, 6) is 0.0572. The number of benzene rings is 2. The lowest BCUT2D eigenvalue weighted by Gasteiger charge is -2.34. The van der Waals surface area contributed by atoms with Gasteiger partial charge in [-0.25, -0.2) is 13.2 Å². The molecular weight excluding hydrogens is 406 g/mol. The highest BCUT2D eigenvalue weighted by molar-refractivity contribution is 7.89. The molecule has 2 unspecified atom stereocenters. The molecule has 1 fully saturated rings. The summed E-state index contributed by atoms with van der Waals surface area (Å²) in [6, 6.07) is 13.2. The minimum atomic E-state index is -3.74. The van der Waals surface area contributed by atoms with Crippen molar-refractivity contribution >= 4 is 16.0 Å². The van der Waals surface area contributed by atoms with Gasteiger partial charge >= 0.3 is 5.97 Å². The molecule has 0 bridgehead atoms. The molecule has 3 rings (SSSR count). The molecule has 2 atom stereocenters. The Kier molecular flexibility index (Phi) is 7.12. The lowest BCUT2D eigenvalue weighted by Crippen LogP contribution is -2.48. The monoisotopic (exact) mass is 433 g/mol. The first-order valence-corrected chi connectivity index (χ1v) is 11.4. The van der Waals surface area contributed by atoms with Gasteiger partial charge in [0.2, 0.25) is 10.0 Å². The van der Waals surface area contributed by atoms with Crippen LogP contribution in [-0.2, 0) is 26.1 Å². The van der Waals surface area contributed by atoms with Crippen molar-refractivity contribution in [1.29, 1.82) is 0 Å². The number of nitrogens with zero attached hydrogens (tertiary/aromatic N) is 1. The average Bonchev–Trinajstić information content (AvgIpc) is 2.72. The van der Waals surface area contributed by atoms with Crippen LogP contribution in [-0.4, -0.2) is 50.6 Å². The first-order chi connectivity index (χ1) is 14.3. The molecular formula is C22H27NO6S. The van der Waals surface area contributed by atoms with Crippen LogP contribution in [0.1, 0.15) is 36.7 Å². The van der Waals surface area contributed by atoms with Crippen LogP contribution in [0, 0.1) is 0 Å². The number of hydrogen-bond acceptors (Lipinski definition) is 6. The van der Waals surface area contributed by atoms with Crippen LogP contribution in [0.2, 0.25) is 0 Å². The average molecular weight is 434 g/mol. The molecule has 0 amide bonds. The molecule has 1 aliphatic heterocycles. The summed E-state index contributed by atoms with van der Waals surface area (Å²) < 4.78 is 44.1. The number of morpholine rings is 1. The fraction of sp³-hybridized carbons (Fsp3) is 0.409. The van der Waals surface area contributed by atoms with E-state index < -0.39 is 16.0 Å². The summed E-state index contributed by atoms with van der Waals surface area (Å²) in [6.45, 7) is 6.64. The molecule has 0 aromatic heterocycles. The Morgan fingerprint density at radius 1 is 1.10 bits per heavy atom. The third kappa shape index (κ3) is 5.19. The van der Waals surface area contributed by atoms with Gasteiger partial charge in [-0.05, 0) is 45.0 Å². The number of hydrogen-bond donors (Lipinski definition) is 0. The van der Waals surface area contributed by atoms with Crippen LogP contribution in [0.5, 0.6) is 5.75 Å². The predicted octanol–water partition coefficient (Wildman–Crippen LogP) is 3.24. The second-order valence-corrected chi connectivity index (χ2v) is 9.16. The molecule has 2 aromatic carbocycles. The Balaban J connectivity index is 1.74. The van der Waals surface area contributed by atoms with Crippen molar-refractivity contribution < 1.29 is 27.4 Å². The predicted molar refractivity (Wildman–Crippen MR) is 112 cm³/mol. The lowest BCUT2D eigenvalue weighted by molar-refractivity contribution is -0.0440. The summed E-state index contributed by atoms with van der Waals surface area (Å²) in [7, 11) is -3.74. The Labute approximate surface area is 177 Å². The van der Waals surface area contributed by atoms with Gasteiger partial charge in [-0.15, -0.1) is 0 Å². The maximum atomic E-state index is 13.1. The van der Waals surface area contributed by atoms with E-state index in [1.54, 1.807) is 12.1 Å². The van der Waals surface area contributed by atoms with Crippen molar-refractivity contribution in [3.05, 3.63) is 59.7 Å². The Bertz CT molecular complexity index is 981. The highest BCUT2D eigenvalue weighted by Crippen LogP contribution is 2.23. The number of esters is 1. The highest BCUT2D eigenvalue weighted by atomic mass is 32.2. The van der Waals surface area contributed by atoms with E-state index in [-0.39, 0.29) is 42.4 Å². The first-order valence-electron chi connectivity index (χ1n) is 9.94. The van der Waals surface area contributed by atoms with E-state index in [1.165, 1.54) is 16.4 Å². The minimum absolute atomic E-state index is 0.0322. The van der Waals surface area contributed by atoms with Gasteiger partial charge in [0.05, 0.1) is 29.3 Å². The Hall–Kier alpha value is -2.42. The normalized spacial score (nSPS) is 20.0. The molecule has 0 N–H and O–H groups in total. The zero-order chi connectivity index (χ0) is 21.7. The summed E-state index contributed by atoms with van der Waals surface area (Å²) in [5.41, 5.74) is 0.923. The van der Waals surface area contributed by atoms with Crippen LogP contribution >= 0.6 is 0 Å². The van der Waals surface area contributed by atoms with Crippen LogP contribution < -0.4 is 4.74 Å². The molecule has 0 saturated carbocycles. The third-order valence-electron chi connectivity index (χ3n) is 4.72. The number of sulfonamides is 1. The second-order valence-electron chi connectivity index (χ2n) is 7.22. The molecule has 0 aliphatic carbocycles. The summed E-state index contributed by atoms with van der Waals surface area (Å²) >= 11 is 0. The van der Waals surface area contributed by atoms with Crippen molar-refractivity contribution in [2.45, 2.75) is 44.5 Å². The number of carbonyl (C=O) groups is 1. The van der Waals surface area contributed by atoms with Crippen LogP contribution in [0.25, 0.3) is 0 Å². The Morgan fingerprint density at radius 3 is 2.50 bits per heavy atom. The largest absolute Gasteiger partial charge is 0.493 e. The summed E-state index contributed by atoms with van der Waals surface area (Å²) in [4.78, 5) is 12.6. The smallest absolute Gasteiger partial charge is 0.338 e. The van der Waals surface area contributed by atoms with Crippen molar-refractivity contribution in [2.24, 2.45) is 0 Å². The minimum Gasteiger partial charge on any atom is -0.493 e. The Morgan fingerprint density at radius 2 is 1.80 bits per heavy atom. The number of ether oxygens (including phenoxy) is 3. The molecule has 0 spiro atoms. The second kappa shape index (κ2) is 9.59. The molecule has 0 radical (unpaired) electrons. The van der Waals surface area contributed by atoms with Gasteiger partial charge in [-0.1, -0.05) is 24.3 Å². The van der Waals surface area contributed by atoms with Crippen molar-refractivity contribution in [3.8, 4) is 5.75 Å². The topological polar surface area (TPSA) is 82.1 Å². The maximum absolute atomic E-state index is 13.1. The van der Waals surface area contributed by atoms with Gasteiger partial charge in [0.15, 0.2) is 0 Å². The number of carbonyl (C=O) groups excluding carboxylic acids is 1. The highest BCUT2D eigenvalue weighted by Gasteiger charge is 2.32. The van der Waals surface area contributed by atoms with Crippen molar-refractivity contribution in [1.82, 2.24) is 4.31 Å². The van der Waals surface area contributed by atoms with Crippen LogP contribution in [0.3, 0.4) is 0 Å². The number of rotatable bonds is 7. The standard InChI is InChI=1S/C22H27NO6S/c1-4-27-21-11-6-5-8-19(21)15-28-22(24)18-9-7-10-20(12-18)30(25,26)23-13-16(2)29-17(3)14-23/h5-12,16-17H,4,13-15H2,1-3H3. The van der Waals surface area contributed by atoms with E-state index in [2.05, 4.69) is 0 Å². The summed E-state index contributed by atoms with van der Waals surface area (Å²) in [5, 5.41) is 0. The molecule has 2 aromatic rings. The third-order valence-corrected chi connectivity index (χ3v) is 6.55. The quantitative estimate of drug-likeness (QED) is 0.624. The van der Waals surface area contributed by atoms with E-state index in [0.29, 0.717) is 12.4 Å². The molecule has 1 saturated heterocycles. The van der Waals surface area contributed by atoms with E-state index in [0.717, 1.165) is 5.56 Å². The molecule has 7 nitrogen and oxygen atoms in total. The molecule has 30 heavy (non-hydrogen) atoms. The molecule has 162 valence electrons. The van der Waals surface area contributed by atoms with Crippen molar-refractivity contribution in [2.75, 3.05) is 19.7 Å². The molecule has 1 aliphatic rings. The zero-order valence-electron chi connectivity index (χ0n) is 17.4. The lowest BCUT2D eigenvalue weighted by atomic mass is 10.2. The van der Waals surface area contributed by atoms with Gasteiger partial charge in [0.25, 0.3) is 0 Å². The molecule has 1 heterocycles. The molecule has 8 heteroatoms. The van der Waals surface area contributed by atoms with E-state index >= 15 is 0 Å². The summed E-state index contributed by atoms with van der Waals surface area (Å²) in [6.07, 6.45) is -0.385. The maximum Gasteiger partial charge on any atom is 0.338 e. The SMILES string of the molecule is CCOc1ccccc1COC(=O)c1cccc(S(=O)(=O)N2CC(C)OC(C)C2)c1. The first kappa shape index (κ1) is 22.3. The van der Waals surface area contributed by atoms with Gasteiger partial charge in [-0.3, -0.25) is 0 Å². The van der Waals surface area contributed by atoms with Crippen LogP contribution in [0.4, 0.5) is 0 Å². The van der Waals surface area contributed by atoms with Gasteiger partial charge < -0.3 is 14.2 Å². The van der Waals surface area contributed by atoms with Gasteiger partial charge in [-0.2, -0.15) is 4.31 Å². The van der Waals surface area contributed by atoms with Gasteiger partial charge in [0, 0.05) is 18.7 Å². The van der Waals surface area contributed by atoms with Crippen LogP contribution in [0.15, 0.2) is 53.4 Å². The van der Waals surface area contributed by atoms with Gasteiger partial charge in [0.1, 0.15) is 12.4 Å². The fourth-order valence-electron chi connectivity index (χ4n) is 3.41. The number of para-hydroxylation sites is 1. The fourth-order valence-corrected chi connectivity index (χ4v) is 5.04. The van der Waals surface area contributed by atoms with E-state index in [9.17, 15) is 13.2 Å². The zero-order valence-corrected chi connectivity index (χ0v) is 18.2. The van der Waals surface area contributed by atoms with E-state index in [4.69, 9.17) is 14.2 Å². The van der Waals surface area contributed by atoms with E-state index in [1.807, 2.05) is 45.0 Å². The van der Waals surface area contributed by atoms with Crippen molar-refractivity contribution in [3.63, 3.8) is 0 Å².